The number of β-amino-alcohol motifs (C(OH)–C–C–N with tert-alkyl or cyclic N) is 1. The molecule has 0 spiro atoms. The van der Waals surface area contributed by atoms with E-state index >= 15 is 0 Å². The second kappa shape index (κ2) is 13.8. The molecule has 2 aromatic carbocycles. The summed E-state index contributed by atoms with van der Waals surface area (Å²) in [5, 5.41) is 17.4. The van der Waals surface area contributed by atoms with Gasteiger partial charge in [-0.05, 0) is 62.7 Å². The topological polar surface area (TPSA) is 119 Å². The van der Waals surface area contributed by atoms with Gasteiger partial charge in [0, 0.05) is 63.1 Å². The van der Waals surface area contributed by atoms with Crippen molar-refractivity contribution in [3.05, 3.63) is 60.8 Å². The van der Waals surface area contributed by atoms with Gasteiger partial charge in [0.1, 0.15) is 5.75 Å². The molecule has 0 unspecified atom stereocenters. The summed E-state index contributed by atoms with van der Waals surface area (Å²) in [6.07, 6.45) is 6.36. The van der Waals surface area contributed by atoms with Crippen LogP contribution in [-0.4, -0.2) is 117 Å². The number of ether oxygens (including phenoxy) is 1. The van der Waals surface area contributed by atoms with Gasteiger partial charge in [0.05, 0.1) is 48.8 Å². The maximum absolute atomic E-state index is 12.3. The van der Waals surface area contributed by atoms with Gasteiger partial charge in [-0.15, -0.1) is 5.10 Å². The van der Waals surface area contributed by atoms with Crippen molar-refractivity contribution in [1.29, 1.82) is 0 Å². The average Bonchev–Trinajstić information content (AvgIpc) is 3.32. The van der Waals surface area contributed by atoms with Crippen LogP contribution in [0.2, 0.25) is 0 Å². The number of nitrogens with one attached hydrogen (secondary N) is 1. The van der Waals surface area contributed by atoms with Crippen LogP contribution in [0.4, 0.5) is 23.0 Å². The molecule has 2 N–H and O–H groups in total. The van der Waals surface area contributed by atoms with E-state index in [2.05, 4.69) is 37.1 Å². The second-order valence-electron chi connectivity index (χ2n) is 12.1. The molecule has 2 aliphatic rings. The largest absolute Gasteiger partial charge is 0.494 e. The van der Waals surface area contributed by atoms with E-state index in [9.17, 15) is 13.5 Å². The Kier molecular flexibility index (Phi) is 9.64. The lowest BCUT2D eigenvalue weighted by atomic mass is 10.0. The van der Waals surface area contributed by atoms with E-state index in [1.165, 1.54) is 10.6 Å². The van der Waals surface area contributed by atoms with Crippen LogP contribution in [0.15, 0.2) is 60.8 Å². The number of methoxy groups -OCH3 is 1. The van der Waals surface area contributed by atoms with Gasteiger partial charge in [0.2, 0.25) is 16.0 Å². The van der Waals surface area contributed by atoms with E-state index < -0.39 is 10.0 Å². The third kappa shape index (κ3) is 6.92. The number of aliphatic hydroxyl groups excluding tert-OH is 1. The summed E-state index contributed by atoms with van der Waals surface area (Å²) in [5.41, 5.74) is 4.71. The van der Waals surface area contributed by atoms with Crippen LogP contribution < -0.4 is 19.3 Å². The highest BCUT2D eigenvalue weighted by atomic mass is 32.2. The summed E-state index contributed by atoms with van der Waals surface area (Å²) < 4.78 is 33.6. The van der Waals surface area contributed by atoms with Crippen molar-refractivity contribution >= 4 is 38.6 Å². The molecule has 0 aliphatic carbocycles. The fourth-order valence-corrected chi connectivity index (χ4v) is 7.13. The molecule has 2 fully saturated rings. The van der Waals surface area contributed by atoms with E-state index in [1.54, 1.807) is 30.9 Å². The van der Waals surface area contributed by atoms with Crippen LogP contribution >= 0.6 is 0 Å². The van der Waals surface area contributed by atoms with Gasteiger partial charge in [0.15, 0.2) is 0 Å². The summed E-state index contributed by atoms with van der Waals surface area (Å²) in [6.45, 7) is 7.22. The molecule has 0 atom stereocenters. The van der Waals surface area contributed by atoms with Crippen molar-refractivity contribution in [2.24, 2.45) is 0 Å². The Morgan fingerprint density at radius 2 is 1.83 bits per heavy atom. The number of benzene rings is 2. The molecule has 0 bridgehead atoms. The lowest BCUT2D eigenvalue weighted by molar-refractivity contribution is 0.100. The molecule has 246 valence electrons. The van der Waals surface area contributed by atoms with Crippen LogP contribution in [0.3, 0.4) is 0 Å². The van der Waals surface area contributed by atoms with Gasteiger partial charge in [-0.2, -0.15) is 0 Å². The summed E-state index contributed by atoms with van der Waals surface area (Å²) in [7, 11) is -0.237. The van der Waals surface area contributed by atoms with E-state index in [0.29, 0.717) is 23.4 Å². The number of nitrogens with zero attached hydrogens (tertiary/aromatic N) is 7. The minimum Gasteiger partial charge on any atom is -0.494 e. The first-order chi connectivity index (χ1) is 22.2. The third-order valence-corrected chi connectivity index (χ3v) is 10.4. The molecule has 2 saturated heterocycles. The molecule has 0 saturated carbocycles. The van der Waals surface area contributed by atoms with Crippen LogP contribution in [0.1, 0.15) is 19.3 Å². The minimum atomic E-state index is -3.45. The summed E-state index contributed by atoms with van der Waals surface area (Å²) in [4.78, 5) is 12.0. The number of likely N-dealkylation sites (tertiary alicyclic amines) is 1. The van der Waals surface area contributed by atoms with Crippen molar-refractivity contribution < 1.29 is 18.3 Å². The number of piperidine rings is 1. The van der Waals surface area contributed by atoms with Crippen LogP contribution in [0.25, 0.3) is 16.8 Å². The van der Waals surface area contributed by atoms with Gasteiger partial charge < -0.3 is 25.0 Å². The van der Waals surface area contributed by atoms with E-state index in [0.717, 1.165) is 93.2 Å². The van der Waals surface area contributed by atoms with Crippen molar-refractivity contribution in [1.82, 2.24) is 24.4 Å². The molecule has 46 heavy (non-hydrogen) atoms. The molecule has 12 nitrogen and oxygen atoms in total. The zero-order chi connectivity index (χ0) is 32.3. The normalized spacial score (nSPS) is 17.3. The highest BCUT2D eigenvalue weighted by Gasteiger charge is 2.26. The SMILES string of the molecule is COc1cc(N2CCCN(C3CCN(CCO)CC3)CC2)ccc1Nc1ncc2ccc(-c3ccccc3N(C)S(C)(=O)=O)n2n1. The van der Waals surface area contributed by atoms with Crippen LogP contribution in [0, 0.1) is 0 Å². The summed E-state index contributed by atoms with van der Waals surface area (Å²) in [6, 6.07) is 18.0. The zero-order valence-electron chi connectivity index (χ0n) is 26.8. The second-order valence-corrected chi connectivity index (χ2v) is 14.1. The average molecular weight is 649 g/mol. The van der Waals surface area contributed by atoms with E-state index in [-0.39, 0.29) is 6.61 Å². The quantitative estimate of drug-likeness (QED) is 0.265. The first kappa shape index (κ1) is 32.0. The molecule has 4 aromatic rings. The highest BCUT2D eigenvalue weighted by Crippen LogP contribution is 2.34. The Labute approximate surface area is 271 Å². The molecule has 0 radical (unpaired) electrons. The van der Waals surface area contributed by atoms with Gasteiger partial charge >= 0.3 is 0 Å². The molecule has 6 rings (SSSR count). The summed E-state index contributed by atoms with van der Waals surface area (Å²) >= 11 is 0. The zero-order valence-corrected chi connectivity index (χ0v) is 27.7. The lowest BCUT2D eigenvalue weighted by Crippen LogP contribution is -2.46. The number of anilines is 4. The number of aromatic nitrogens is 3. The Hall–Kier alpha value is -3.91. The predicted molar refractivity (Wildman–Crippen MR) is 183 cm³/mol. The Morgan fingerprint density at radius 3 is 2.59 bits per heavy atom. The monoisotopic (exact) mass is 648 g/mol. The smallest absolute Gasteiger partial charge is 0.245 e. The van der Waals surface area contributed by atoms with Crippen LogP contribution in [-0.2, 0) is 10.0 Å². The number of hydrogen-bond acceptors (Lipinski definition) is 10. The summed E-state index contributed by atoms with van der Waals surface area (Å²) in [5.74, 6) is 1.09. The Morgan fingerprint density at radius 1 is 1.02 bits per heavy atom. The number of rotatable bonds is 10. The van der Waals surface area contributed by atoms with Crippen molar-refractivity contribution in [2.75, 3.05) is 87.4 Å². The molecule has 4 heterocycles. The predicted octanol–water partition coefficient (Wildman–Crippen LogP) is 3.51. The number of hydrogen-bond donors (Lipinski definition) is 2. The number of fused-ring (bicyclic) bond motifs is 1. The Bertz CT molecular complexity index is 1760. The highest BCUT2D eigenvalue weighted by molar-refractivity contribution is 7.92. The van der Waals surface area contributed by atoms with Gasteiger partial charge in [-0.1, -0.05) is 18.2 Å². The maximum Gasteiger partial charge on any atom is 0.245 e. The van der Waals surface area contributed by atoms with Crippen molar-refractivity contribution in [3.63, 3.8) is 0 Å². The van der Waals surface area contributed by atoms with Crippen molar-refractivity contribution in [3.8, 4) is 17.0 Å². The minimum absolute atomic E-state index is 0.236. The fourth-order valence-electron chi connectivity index (χ4n) is 6.62. The molecule has 2 aromatic heterocycles. The van der Waals surface area contributed by atoms with E-state index in [4.69, 9.17) is 9.84 Å². The number of aliphatic hydroxyl groups is 1. The Balaban J connectivity index is 1.18. The molecular formula is C33H44N8O4S. The standard InChI is InChI=1S/C33H44N8O4S/c1-37(46(3,43)44)30-8-5-4-7-28(30)31-12-10-27-24-34-33(36-41(27)31)35-29-11-9-26(23-32(29)45-2)40-16-6-15-39(19-20-40)25-13-17-38(18-14-25)21-22-42/h4-5,7-12,23-25,42H,6,13-22H2,1-3H3,(H,35,36). The maximum atomic E-state index is 12.3. The van der Waals surface area contributed by atoms with E-state index in [1.807, 2.05) is 36.4 Å². The van der Waals surface area contributed by atoms with Gasteiger partial charge in [-0.3, -0.25) is 9.21 Å². The number of sulfonamides is 1. The molecule has 13 heteroatoms. The fraction of sp³-hybridized carbons (Fsp3) is 0.455. The first-order valence-corrected chi connectivity index (χ1v) is 17.8. The first-order valence-electron chi connectivity index (χ1n) is 15.9. The molecule has 2 aliphatic heterocycles. The molecule has 0 amide bonds. The van der Waals surface area contributed by atoms with Gasteiger partial charge in [0.25, 0.3) is 0 Å². The number of para-hydroxylation sites is 1. The van der Waals surface area contributed by atoms with Gasteiger partial charge in [-0.25, -0.2) is 17.9 Å². The molecular weight excluding hydrogens is 604 g/mol. The third-order valence-electron chi connectivity index (χ3n) is 9.23. The lowest BCUT2D eigenvalue weighted by Gasteiger charge is -2.38. The van der Waals surface area contributed by atoms with Crippen molar-refractivity contribution in [2.45, 2.75) is 25.3 Å². The van der Waals surface area contributed by atoms with Crippen LogP contribution in [0.5, 0.6) is 5.75 Å².